The third kappa shape index (κ3) is 2.96. The number of anilines is 1. The summed E-state index contributed by atoms with van der Waals surface area (Å²) in [5, 5.41) is 50.9. The lowest BCUT2D eigenvalue weighted by Gasteiger charge is -2.42. The van der Waals surface area contributed by atoms with Gasteiger partial charge in [0.05, 0.1) is 13.0 Å². The standard InChI is InChI=1S/C16H19NO9/c18-6-9-11(21)12(22)13(23)14(25-9)26-16(5-10(19)20)7-3-1-2-4-8(7)17-15(16)24/h1-4,9,11-14,18,21-23H,5-6H2,(H,17,24)(H,19,20)/t9-,11-,12+,13-,14+,16?/m1/s1. The summed E-state index contributed by atoms with van der Waals surface area (Å²) in [6.45, 7) is -0.681. The van der Waals surface area contributed by atoms with E-state index in [1.54, 1.807) is 18.2 Å². The molecule has 142 valence electrons. The lowest BCUT2D eigenvalue weighted by atomic mass is 9.90. The van der Waals surface area contributed by atoms with Crippen LogP contribution in [-0.4, -0.2) is 74.7 Å². The van der Waals surface area contributed by atoms with Crippen LogP contribution >= 0.6 is 0 Å². The van der Waals surface area contributed by atoms with Gasteiger partial charge in [0, 0.05) is 11.3 Å². The first-order chi connectivity index (χ1) is 12.3. The molecule has 0 radical (unpaired) electrons. The molecule has 10 heteroatoms. The highest BCUT2D eigenvalue weighted by Gasteiger charge is 2.54. The van der Waals surface area contributed by atoms with E-state index in [1.165, 1.54) is 6.07 Å². The zero-order valence-electron chi connectivity index (χ0n) is 13.5. The maximum absolute atomic E-state index is 12.6. The molecule has 0 bridgehead atoms. The third-order valence-corrected chi connectivity index (χ3v) is 4.54. The van der Waals surface area contributed by atoms with Crippen LogP contribution in [0.4, 0.5) is 5.69 Å². The Bertz CT molecular complexity index is 709. The zero-order valence-corrected chi connectivity index (χ0v) is 13.5. The smallest absolute Gasteiger partial charge is 0.307 e. The fraction of sp³-hybridized carbons (Fsp3) is 0.500. The van der Waals surface area contributed by atoms with Gasteiger partial charge < -0.3 is 40.3 Å². The molecule has 6 atom stereocenters. The molecule has 26 heavy (non-hydrogen) atoms. The second kappa shape index (κ2) is 6.91. The Morgan fingerprint density at radius 1 is 1.19 bits per heavy atom. The molecule has 2 heterocycles. The monoisotopic (exact) mass is 369 g/mol. The van der Waals surface area contributed by atoms with Crippen LogP contribution in [0.1, 0.15) is 12.0 Å². The number of rotatable bonds is 5. The molecule has 2 aliphatic heterocycles. The quantitative estimate of drug-likeness (QED) is 0.348. The summed E-state index contributed by atoms with van der Waals surface area (Å²) >= 11 is 0. The van der Waals surface area contributed by atoms with Crippen molar-refractivity contribution in [3.8, 4) is 0 Å². The molecule has 1 aromatic rings. The first kappa shape index (κ1) is 18.7. The van der Waals surface area contributed by atoms with Crippen LogP contribution in [0.3, 0.4) is 0 Å². The average Bonchev–Trinajstić information content (AvgIpc) is 2.87. The third-order valence-electron chi connectivity index (χ3n) is 4.54. The van der Waals surface area contributed by atoms with Gasteiger partial charge in [0.15, 0.2) is 11.9 Å². The van der Waals surface area contributed by atoms with Crippen LogP contribution in [0.2, 0.25) is 0 Å². The molecule has 0 aliphatic carbocycles. The molecule has 1 aromatic carbocycles. The summed E-state index contributed by atoms with van der Waals surface area (Å²) in [6, 6.07) is 6.30. The maximum atomic E-state index is 12.6. The van der Waals surface area contributed by atoms with Crippen molar-refractivity contribution in [2.24, 2.45) is 0 Å². The van der Waals surface area contributed by atoms with Crippen molar-refractivity contribution < 1.29 is 44.6 Å². The molecule has 3 rings (SSSR count). The molecular weight excluding hydrogens is 350 g/mol. The van der Waals surface area contributed by atoms with Gasteiger partial charge in [-0.05, 0) is 6.07 Å². The van der Waals surface area contributed by atoms with E-state index in [-0.39, 0.29) is 5.56 Å². The molecule has 6 N–H and O–H groups in total. The number of ether oxygens (including phenoxy) is 2. The largest absolute Gasteiger partial charge is 0.481 e. The summed E-state index contributed by atoms with van der Waals surface area (Å²) in [7, 11) is 0. The Kier molecular flexibility index (Phi) is 4.97. The summed E-state index contributed by atoms with van der Waals surface area (Å²) < 4.78 is 10.9. The summed E-state index contributed by atoms with van der Waals surface area (Å²) in [5.74, 6) is -2.10. The van der Waals surface area contributed by atoms with Crippen molar-refractivity contribution in [3.63, 3.8) is 0 Å². The molecule has 0 aromatic heterocycles. The zero-order chi connectivity index (χ0) is 19.1. The first-order valence-electron chi connectivity index (χ1n) is 7.91. The lowest BCUT2D eigenvalue weighted by molar-refractivity contribution is -0.323. The number of benzene rings is 1. The summed E-state index contributed by atoms with van der Waals surface area (Å²) in [5.41, 5.74) is -1.41. The van der Waals surface area contributed by atoms with Gasteiger partial charge >= 0.3 is 5.97 Å². The highest BCUT2D eigenvalue weighted by Crippen LogP contribution is 2.43. The fourth-order valence-corrected chi connectivity index (χ4v) is 3.20. The van der Waals surface area contributed by atoms with E-state index < -0.39 is 61.2 Å². The van der Waals surface area contributed by atoms with Gasteiger partial charge in [-0.3, -0.25) is 9.59 Å². The Morgan fingerprint density at radius 3 is 2.54 bits per heavy atom. The van der Waals surface area contributed by atoms with Gasteiger partial charge in [-0.15, -0.1) is 0 Å². The van der Waals surface area contributed by atoms with Crippen molar-refractivity contribution in [2.75, 3.05) is 11.9 Å². The molecule has 0 saturated carbocycles. The Balaban J connectivity index is 1.98. The minimum Gasteiger partial charge on any atom is -0.481 e. The van der Waals surface area contributed by atoms with Gasteiger partial charge in [0.2, 0.25) is 0 Å². The molecule has 2 aliphatic rings. The minimum absolute atomic E-state index is 0.240. The number of carbonyl (C=O) groups is 2. The molecule has 1 unspecified atom stereocenters. The fourth-order valence-electron chi connectivity index (χ4n) is 3.20. The summed E-state index contributed by atoms with van der Waals surface area (Å²) in [4.78, 5) is 24.0. The maximum Gasteiger partial charge on any atom is 0.307 e. The number of carboxylic acids is 1. The number of aliphatic hydroxyl groups excluding tert-OH is 4. The second-order valence-corrected chi connectivity index (χ2v) is 6.21. The number of amides is 1. The molecule has 0 spiro atoms. The van der Waals surface area contributed by atoms with E-state index in [1.807, 2.05) is 0 Å². The lowest BCUT2D eigenvalue weighted by Crippen LogP contribution is -2.61. The van der Waals surface area contributed by atoms with Crippen LogP contribution in [0.25, 0.3) is 0 Å². The number of fused-ring (bicyclic) bond motifs is 1. The molecule has 10 nitrogen and oxygen atoms in total. The molecular formula is C16H19NO9. The molecule has 1 saturated heterocycles. The van der Waals surface area contributed by atoms with Crippen molar-refractivity contribution in [2.45, 2.75) is 42.7 Å². The van der Waals surface area contributed by atoms with Crippen LogP contribution in [0.5, 0.6) is 0 Å². The van der Waals surface area contributed by atoms with E-state index in [0.29, 0.717) is 5.69 Å². The van der Waals surface area contributed by atoms with Crippen LogP contribution in [-0.2, 0) is 24.7 Å². The van der Waals surface area contributed by atoms with E-state index in [2.05, 4.69) is 5.32 Å². The van der Waals surface area contributed by atoms with Crippen molar-refractivity contribution in [1.82, 2.24) is 0 Å². The number of aliphatic hydroxyl groups is 4. The van der Waals surface area contributed by atoms with E-state index in [9.17, 15) is 35.1 Å². The second-order valence-electron chi connectivity index (χ2n) is 6.21. The number of para-hydroxylation sites is 1. The Morgan fingerprint density at radius 2 is 1.88 bits per heavy atom. The van der Waals surface area contributed by atoms with Gasteiger partial charge in [-0.1, -0.05) is 18.2 Å². The van der Waals surface area contributed by atoms with Gasteiger partial charge in [-0.2, -0.15) is 0 Å². The molecule has 1 fully saturated rings. The average molecular weight is 369 g/mol. The predicted octanol–water partition coefficient (Wildman–Crippen LogP) is -1.87. The number of aliphatic carboxylic acids is 1. The SMILES string of the molecule is O=C(O)CC1(O[C@@H]2O[C@H](CO)[C@@H](O)[C@H](O)[C@H]2O)C(=O)Nc2ccccc21. The van der Waals surface area contributed by atoms with Gasteiger partial charge in [-0.25, -0.2) is 0 Å². The number of carboxylic acid groups (broad SMARTS) is 1. The number of hydrogen-bond donors (Lipinski definition) is 6. The first-order valence-corrected chi connectivity index (χ1v) is 7.91. The van der Waals surface area contributed by atoms with Crippen molar-refractivity contribution >= 4 is 17.6 Å². The Hall–Kier alpha value is -2.08. The number of nitrogens with one attached hydrogen (secondary N) is 1. The molecule has 1 amide bonds. The normalized spacial score (nSPS) is 36.5. The van der Waals surface area contributed by atoms with Crippen molar-refractivity contribution in [3.05, 3.63) is 29.8 Å². The Labute approximate surface area is 147 Å². The number of carbonyl (C=O) groups excluding carboxylic acids is 1. The highest BCUT2D eigenvalue weighted by atomic mass is 16.7. The van der Waals surface area contributed by atoms with Gasteiger partial charge in [0.1, 0.15) is 24.4 Å². The van der Waals surface area contributed by atoms with Crippen LogP contribution < -0.4 is 5.32 Å². The van der Waals surface area contributed by atoms with E-state index in [0.717, 1.165) is 0 Å². The minimum atomic E-state index is -2.00. The van der Waals surface area contributed by atoms with E-state index >= 15 is 0 Å². The topological polar surface area (TPSA) is 166 Å². The summed E-state index contributed by atoms with van der Waals surface area (Å²) in [6.07, 6.45) is -8.74. The van der Waals surface area contributed by atoms with Crippen LogP contribution in [0.15, 0.2) is 24.3 Å². The highest BCUT2D eigenvalue weighted by molar-refractivity contribution is 6.06. The van der Waals surface area contributed by atoms with E-state index in [4.69, 9.17) is 9.47 Å². The van der Waals surface area contributed by atoms with Crippen LogP contribution in [0, 0.1) is 0 Å². The van der Waals surface area contributed by atoms with Crippen molar-refractivity contribution in [1.29, 1.82) is 0 Å². The number of hydrogen-bond acceptors (Lipinski definition) is 8. The predicted molar refractivity (Wildman–Crippen MR) is 83.9 cm³/mol. The van der Waals surface area contributed by atoms with Gasteiger partial charge in [0.25, 0.3) is 5.91 Å².